The lowest BCUT2D eigenvalue weighted by molar-refractivity contribution is 0.102. The fourth-order valence-electron chi connectivity index (χ4n) is 4.24. The van der Waals surface area contributed by atoms with Crippen molar-refractivity contribution in [2.24, 2.45) is 0 Å². The summed E-state index contributed by atoms with van der Waals surface area (Å²) in [5, 5.41) is 0. The predicted molar refractivity (Wildman–Crippen MR) is 199 cm³/mol. The second-order valence-corrected chi connectivity index (χ2v) is 9.84. The van der Waals surface area contributed by atoms with E-state index in [1.54, 1.807) is 62.8 Å². The van der Waals surface area contributed by atoms with Gasteiger partial charge in [0.2, 0.25) is 0 Å². The number of ether oxygens (including phenoxy) is 2. The Morgan fingerprint density at radius 3 is 0.957 bits per heavy atom. The van der Waals surface area contributed by atoms with Gasteiger partial charge in [-0.05, 0) is 67.8 Å². The van der Waals surface area contributed by atoms with Gasteiger partial charge in [-0.1, -0.05) is 138 Å². The molecule has 5 rings (SSSR count). The molecule has 4 heteroatoms. The molecule has 0 amide bonds. The Balaban J connectivity index is 0.000000433. The van der Waals surface area contributed by atoms with Crippen LogP contribution in [0.4, 0.5) is 0 Å². The molecule has 0 aliphatic carbocycles. The molecule has 4 nitrogen and oxygen atoms in total. The highest BCUT2D eigenvalue weighted by atomic mass is 16.5. The van der Waals surface area contributed by atoms with Crippen LogP contribution >= 0.6 is 0 Å². The van der Waals surface area contributed by atoms with Gasteiger partial charge in [-0.15, -0.1) is 0 Å². The monoisotopic (exact) mass is 632 g/mol. The highest BCUT2D eigenvalue weighted by molar-refractivity contribution is 6.11. The first kappa shape index (κ1) is 40.1. The Labute approximate surface area is 283 Å². The first-order valence-electron chi connectivity index (χ1n) is 16.4. The van der Waals surface area contributed by atoms with Crippen molar-refractivity contribution in [3.05, 3.63) is 166 Å². The number of rotatable bonds is 8. The maximum Gasteiger partial charge on any atom is 0.193 e. The molecule has 0 fully saturated rings. The van der Waals surface area contributed by atoms with Crippen LogP contribution in [0.3, 0.4) is 0 Å². The van der Waals surface area contributed by atoms with E-state index in [0.29, 0.717) is 28.0 Å². The summed E-state index contributed by atoms with van der Waals surface area (Å²) in [6.45, 7) is 16.1. The minimum absolute atomic E-state index is 0.0524. The Kier molecular flexibility index (Phi) is 19.2. The third kappa shape index (κ3) is 13.1. The fraction of sp³-hybridized carbons (Fsp3) is 0.256. The fourth-order valence-corrected chi connectivity index (χ4v) is 4.24. The zero-order valence-corrected chi connectivity index (χ0v) is 29.9. The van der Waals surface area contributed by atoms with E-state index in [4.69, 9.17) is 9.47 Å². The van der Waals surface area contributed by atoms with E-state index in [1.807, 2.05) is 84.9 Å². The van der Waals surface area contributed by atoms with Crippen LogP contribution in [0.15, 0.2) is 121 Å². The lowest BCUT2D eigenvalue weighted by Gasteiger charge is -2.05. The molecule has 0 aromatic heterocycles. The first-order chi connectivity index (χ1) is 22.9. The van der Waals surface area contributed by atoms with E-state index in [0.717, 1.165) is 17.7 Å². The number of carbonyl (C=O) groups is 2. The van der Waals surface area contributed by atoms with Crippen LogP contribution in [-0.4, -0.2) is 25.8 Å². The topological polar surface area (TPSA) is 52.6 Å². The Morgan fingerprint density at radius 1 is 0.404 bits per heavy atom. The van der Waals surface area contributed by atoms with Gasteiger partial charge < -0.3 is 9.47 Å². The predicted octanol–water partition coefficient (Wildman–Crippen LogP) is 11.1. The SMILES string of the molecule is CC.CC.CC.COc1ccc(C(=O)c2ccc(C(=O)c3ccc(C)cc3)cc2)cc1.COc1ccc(Cc2ccc(C)cc2)cc1. The van der Waals surface area contributed by atoms with Crippen LogP contribution in [0.25, 0.3) is 0 Å². The summed E-state index contributed by atoms with van der Waals surface area (Å²) in [5.74, 6) is 1.48. The van der Waals surface area contributed by atoms with E-state index in [1.165, 1.54) is 16.7 Å². The first-order valence-corrected chi connectivity index (χ1v) is 16.4. The molecule has 0 heterocycles. The average Bonchev–Trinajstić information content (AvgIpc) is 3.15. The van der Waals surface area contributed by atoms with Gasteiger partial charge in [-0.25, -0.2) is 0 Å². The van der Waals surface area contributed by atoms with Gasteiger partial charge in [0.15, 0.2) is 11.6 Å². The summed E-state index contributed by atoms with van der Waals surface area (Å²) in [4.78, 5) is 25.0. The Hall–Kier alpha value is -4.96. The molecular formula is C43H52O4. The summed E-state index contributed by atoms with van der Waals surface area (Å²) in [5.41, 5.74) is 7.40. The minimum Gasteiger partial charge on any atom is -0.497 e. The van der Waals surface area contributed by atoms with Crippen molar-refractivity contribution in [1.29, 1.82) is 0 Å². The van der Waals surface area contributed by atoms with Crippen LogP contribution in [-0.2, 0) is 6.42 Å². The molecule has 0 aliphatic heterocycles. The van der Waals surface area contributed by atoms with Crippen LogP contribution in [0, 0.1) is 13.8 Å². The van der Waals surface area contributed by atoms with Crippen molar-refractivity contribution < 1.29 is 19.1 Å². The van der Waals surface area contributed by atoms with Gasteiger partial charge >= 0.3 is 0 Å². The number of benzene rings is 5. The normalized spacial score (nSPS) is 9.32. The largest absolute Gasteiger partial charge is 0.497 e. The molecule has 0 bridgehead atoms. The highest BCUT2D eigenvalue weighted by Gasteiger charge is 2.12. The second kappa shape index (κ2) is 22.5. The number of ketones is 2. The highest BCUT2D eigenvalue weighted by Crippen LogP contribution is 2.18. The number of hydrogen-bond acceptors (Lipinski definition) is 4. The quantitative estimate of drug-likeness (QED) is 0.160. The standard InChI is InChI=1S/C22H18O3.C15H16O.3C2H6/c1-15-3-5-16(6-4-15)21(23)17-7-9-18(10-8-17)22(24)19-11-13-20(25-2)14-12-19;1-12-3-5-13(6-4-12)11-14-7-9-15(16-2)10-8-14;3*1-2/h3-14H,1-2H3;3-10H,11H2,1-2H3;3*1-2H3. The van der Waals surface area contributed by atoms with Gasteiger partial charge in [0.05, 0.1) is 14.2 Å². The second-order valence-electron chi connectivity index (χ2n) is 9.84. The van der Waals surface area contributed by atoms with Gasteiger partial charge in [0.1, 0.15) is 11.5 Å². The molecule has 5 aromatic carbocycles. The Bertz CT molecular complexity index is 1570. The van der Waals surface area contributed by atoms with Crippen molar-refractivity contribution in [3.8, 4) is 11.5 Å². The molecule has 0 aliphatic rings. The van der Waals surface area contributed by atoms with E-state index in [-0.39, 0.29) is 11.6 Å². The van der Waals surface area contributed by atoms with Crippen LogP contribution in [0.5, 0.6) is 11.5 Å². The van der Waals surface area contributed by atoms with Crippen molar-refractivity contribution in [2.75, 3.05) is 14.2 Å². The van der Waals surface area contributed by atoms with Gasteiger partial charge in [-0.3, -0.25) is 9.59 Å². The van der Waals surface area contributed by atoms with Crippen LogP contribution in [0.1, 0.15) is 95.6 Å². The molecule has 248 valence electrons. The number of aryl methyl sites for hydroxylation is 2. The molecule has 0 radical (unpaired) electrons. The average molecular weight is 633 g/mol. The van der Waals surface area contributed by atoms with Gasteiger partial charge in [0, 0.05) is 22.3 Å². The summed E-state index contributed by atoms with van der Waals surface area (Å²) < 4.78 is 10.2. The summed E-state index contributed by atoms with van der Waals surface area (Å²) in [6.07, 6.45) is 0.976. The summed E-state index contributed by atoms with van der Waals surface area (Å²) in [7, 11) is 3.27. The zero-order valence-electron chi connectivity index (χ0n) is 29.9. The number of hydrogen-bond donors (Lipinski definition) is 0. The van der Waals surface area contributed by atoms with Crippen molar-refractivity contribution in [1.82, 2.24) is 0 Å². The molecule has 0 atom stereocenters. The van der Waals surface area contributed by atoms with E-state index >= 15 is 0 Å². The molecular weight excluding hydrogens is 580 g/mol. The van der Waals surface area contributed by atoms with Gasteiger partial charge in [-0.2, -0.15) is 0 Å². The number of carbonyl (C=O) groups excluding carboxylic acids is 2. The third-order valence-corrected chi connectivity index (χ3v) is 6.76. The molecule has 5 aromatic rings. The third-order valence-electron chi connectivity index (χ3n) is 6.76. The lowest BCUT2D eigenvalue weighted by atomic mass is 9.98. The Morgan fingerprint density at radius 2 is 0.638 bits per heavy atom. The summed E-state index contributed by atoms with van der Waals surface area (Å²) >= 11 is 0. The van der Waals surface area contributed by atoms with Crippen molar-refractivity contribution in [3.63, 3.8) is 0 Å². The molecule has 0 unspecified atom stereocenters. The van der Waals surface area contributed by atoms with Crippen molar-refractivity contribution in [2.45, 2.75) is 61.8 Å². The molecule has 47 heavy (non-hydrogen) atoms. The molecule has 0 saturated heterocycles. The summed E-state index contributed by atoms with van der Waals surface area (Å²) in [6, 6.07) is 38.1. The molecule has 0 spiro atoms. The zero-order chi connectivity index (χ0) is 35.2. The van der Waals surface area contributed by atoms with E-state index in [2.05, 4.69) is 43.3 Å². The molecule has 0 N–H and O–H groups in total. The maximum atomic E-state index is 12.5. The van der Waals surface area contributed by atoms with Crippen molar-refractivity contribution >= 4 is 11.6 Å². The van der Waals surface area contributed by atoms with Gasteiger partial charge in [0.25, 0.3) is 0 Å². The van der Waals surface area contributed by atoms with Crippen LogP contribution in [0.2, 0.25) is 0 Å². The van der Waals surface area contributed by atoms with Crippen LogP contribution < -0.4 is 9.47 Å². The number of methoxy groups -OCH3 is 2. The van der Waals surface area contributed by atoms with E-state index < -0.39 is 0 Å². The lowest BCUT2D eigenvalue weighted by Crippen LogP contribution is -2.04. The maximum absolute atomic E-state index is 12.5. The smallest absolute Gasteiger partial charge is 0.193 e. The van der Waals surface area contributed by atoms with E-state index in [9.17, 15) is 9.59 Å². The molecule has 0 saturated carbocycles. The minimum atomic E-state index is -0.0861.